The third kappa shape index (κ3) is 4.97. The molecular formula is C22H26N4O. The standard InChI is InChI=1S/C22H26N4O/c1-15-8-10-20(11-9-15)18(4)23-22(27)24-21-7-5-6-19(13-21)14-26-17(3)12-16(2)25-26/h5-13,18H,14H2,1-4H3,(H2,23,24,27). The number of aryl methyl sites for hydroxylation is 3. The molecule has 1 aromatic heterocycles. The minimum Gasteiger partial charge on any atom is -0.331 e. The van der Waals surface area contributed by atoms with Gasteiger partial charge < -0.3 is 10.6 Å². The molecule has 0 radical (unpaired) electrons. The molecule has 1 atom stereocenters. The van der Waals surface area contributed by atoms with E-state index in [1.54, 1.807) is 0 Å². The van der Waals surface area contributed by atoms with Gasteiger partial charge in [-0.2, -0.15) is 5.10 Å². The van der Waals surface area contributed by atoms with E-state index in [0.717, 1.165) is 28.2 Å². The summed E-state index contributed by atoms with van der Waals surface area (Å²) in [7, 11) is 0. The molecule has 1 heterocycles. The predicted octanol–water partition coefficient (Wildman–Crippen LogP) is 4.74. The van der Waals surface area contributed by atoms with E-state index in [1.807, 2.05) is 80.9 Å². The van der Waals surface area contributed by atoms with Crippen molar-refractivity contribution in [3.05, 3.63) is 82.7 Å². The molecule has 0 bridgehead atoms. The van der Waals surface area contributed by atoms with Crippen LogP contribution in [-0.4, -0.2) is 15.8 Å². The maximum atomic E-state index is 12.4. The van der Waals surface area contributed by atoms with Gasteiger partial charge in [0.2, 0.25) is 0 Å². The highest BCUT2D eigenvalue weighted by molar-refractivity contribution is 5.89. The molecule has 0 aliphatic rings. The summed E-state index contributed by atoms with van der Waals surface area (Å²) >= 11 is 0. The lowest BCUT2D eigenvalue weighted by atomic mass is 10.1. The number of amides is 2. The van der Waals surface area contributed by atoms with E-state index in [-0.39, 0.29) is 12.1 Å². The second-order valence-corrected chi connectivity index (χ2v) is 7.02. The molecule has 2 N–H and O–H groups in total. The maximum absolute atomic E-state index is 12.4. The van der Waals surface area contributed by atoms with Crippen molar-refractivity contribution in [2.24, 2.45) is 0 Å². The molecule has 0 aliphatic carbocycles. The molecule has 27 heavy (non-hydrogen) atoms. The summed E-state index contributed by atoms with van der Waals surface area (Å²) in [4.78, 5) is 12.4. The molecule has 2 amide bonds. The first-order valence-electron chi connectivity index (χ1n) is 9.15. The molecule has 140 valence electrons. The number of anilines is 1. The lowest BCUT2D eigenvalue weighted by molar-refractivity contribution is 0.249. The fourth-order valence-electron chi connectivity index (χ4n) is 3.06. The van der Waals surface area contributed by atoms with Gasteiger partial charge in [-0.1, -0.05) is 42.0 Å². The highest BCUT2D eigenvalue weighted by atomic mass is 16.2. The fourth-order valence-corrected chi connectivity index (χ4v) is 3.06. The van der Waals surface area contributed by atoms with E-state index in [9.17, 15) is 4.79 Å². The molecule has 1 unspecified atom stereocenters. The van der Waals surface area contributed by atoms with Crippen LogP contribution in [0.15, 0.2) is 54.6 Å². The molecular weight excluding hydrogens is 336 g/mol. The number of rotatable bonds is 5. The van der Waals surface area contributed by atoms with E-state index in [4.69, 9.17) is 0 Å². The van der Waals surface area contributed by atoms with Crippen molar-refractivity contribution in [1.29, 1.82) is 0 Å². The number of benzene rings is 2. The van der Waals surface area contributed by atoms with Crippen LogP contribution >= 0.6 is 0 Å². The van der Waals surface area contributed by atoms with Crippen molar-refractivity contribution in [2.75, 3.05) is 5.32 Å². The van der Waals surface area contributed by atoms with E-state index in [0.29, 0.717) is 6.54 Å². The van der Waals surface area contributed by atoms with Crippen molar-refractivity contribution in [3.8, 4) is 0 Å². The van der Waals surface area contributed by atoms with Crippen LogP contribution in [0.2, 0.25) is 0 Å². The van der Waals surface area contributed by atoms with Gasteiger partial charge in [-0.25, -0.2) is 4.79 Å². The van der Waals surface area contributed by atoms with Gasteiger partial charge in [-0.3, -0.25) is 4.68 Å². The number of nitrogens with one attached hydrogen (secondary N) is 2. The van der Waals surface area contributed by atoms with Crippen LogP contribution in [0.1, 0.15) is 41.0 Å². The normalized spacial score (nSPS) is 11.9. The molecule has 0 fully saturated rings. The minimum atomic E-state index is -0.216. The summed E-state index contributed by atoms with van der Waals surface area (Å²) in [6, 6.07) is 17.8. The van der Waals surface area contributed by atoms with Gasteiger partial charge in [0.1, 0.15) is 0 Å². The Balaban J connectivity index is 1.62. The van der Waals surface area contributed by atoms with Crippen LogP contribution in [0, 0.1) is 20.8 Å². The van der Waals surface area contributed by atoms with Crippen LogP contribution in [0.5, 0.6) is 0 Å². The van der Waals surface area contributed by atoms with Crippen LogP contribution in [0.3, 0.4) is 0 Å². The number of carbonyl (C=O) groups excluding carboxylic acids is 1. The number of carbonyl (C=O) groups is 1. The summed E-state index contributed by atoms with van der Waals surface area (Å²) in [5.74, 6) is 0. The summed E-state index contributed by atoms with van der Waals surface area (Å²) in [6.07, 6.45) is 0. The fraction of sp³-hybridized carbons (Fsp3) is 0.273. The van der Waals surface area contributed by atoms with Gasteiger partial charge in [0.25, 0.3) is 0 Å². The Labute approximate surface area is 160 Å². The van der Waals surface area contributed by atoms with Gasteiger partial charge in [0.05, 0.1) is 18.3 Å². The Kier molecular flexibility index (Phi) is 5.60. The number of urea groups is 1. The van der Waals surface area contributed by atoms with Crippen molar-refractivity contribution < 1.29 is 4.79 Å². The quantitative estimate of drug-likeness (QED) is 0.689. The van der Waals surface area contributed by atoms with Crippen LogP contribution in [0.25, 0.3) is 0 Å². The zero-order valence-electron chi connectivity index (χ0n) is 16.3. The molecule has 2 aromatic carbocycles. The van der Waals surface area contributed by atoms with Crippen molar-refractivity contribution >= 4 is 11.7 Å². The summed E-state index contributed by atoms with van der Waals surface area (Å²) in [5, 5.41) is 10.4. The second-order valence-electron chi connectivity index (χ2n) is 7.02. The topological polar surface area (TPSA) is 59.0 Å². The monoisotopic (exact) mass is 362 g/mol. The Bertz CT molecular complexity index is 928. The first-order chi connectivity index (χ1) is 12.9. The third-order valence-corrected chi connectivity index (χ3v) is 4.55. The van der Waals surface area contributed by atoms with Gasteiger partial charge in [0.15, 0.2) is 0 Å². The first-order valence-corrected chi connectivity index (χ1v) is 9.15. The average molecular weight is 362 g/mol. The summed E-state index contributed by atoms with van der Waals surface area (Å²) in [6.45, 7) is 8.73. The Morgan fingerprint density at radius 1 is 1.07 bits per heavy atom. The zero-order valence-corrected chi connectivity index (χ0v) is 16.3. The minimum absolute atomic E-state index is 0.0662. The van der Waals surface area contributed by atoms with Crippen molar-refractivity contribution in [2.45, 2.75) is 40.3 Å². The van der Waals surface area contributed by atoms with Crippen LogP contribution < -0.4 is 10.6 Å². The van der Waals surface area contributed by atoms with E-state index in [1.165, 1.54) is 5.56 Å². The molecule has 5 nitrogen and oxygen atoms in total. The number of hydrogen-bond acceptors (Lipinski definition) is 2. The molecule has 0 saturated carbocycles. The summed E-state index contributed by atoms with van der Waals surface area (Å²) in [5.41, 5.74) is 6.26. The Morgan fingerprint density at radius 2 is 1.81 bits per heavy atom. The molecule has 3 rings (SSSR count). The van der Waals surface area contributed by atoms with Crippen LogP contribution in [-0.2, 0) is 6.54 Å². The SMILES string of the molecule is Cc1ccc(C(C)NC(=O)Nc2cccc(Cn3nc(C)cc3C)c2)cc1. The smallest absolute Gasteiger partial charge is 0.319 e. The second kappa shape index (κ2) is 8.08. The lowest BCUT2D eigenvalue weighted by Gasteiger charge is -2.16. The van der Waals surface area contributed by atoms with Gasteiger partial charge in [-0.15, -0.1) is 0 Å². The largest absolute Gasteiger partial charge is 0.331 e. The number of nitrogens with zero attached hydrogens (tertiary/aromatic N) is 2. The molecule has 5 heteroatoms. The van der Waals surface area contributed by atoms with Crippen molar-refractivity contribution in [1.82, 2.24) is 15.1 Å². The molecule has 0 saturated heterocycles. The first kappa shape index (κ1) is 18.7. The average Bonchev–Trinajstić information content (AvgIpc) is 2.92. The zero-order chi connectivity index (χ0) is 19.4. The predicted molar refractivity (Wildman–Crippen MR) is 109 cm³/mol. The van der Waals surface area contributed by atoms with E-state index in [2.05, 4.69) is 21.8 Å². The van der Waals surface area contributed by atoms with Crippen LogP contribution in [0.4, 0.5) is 10.5 Å². The highest BCUT2D eigenvalue weighted by Crippen LogP contribution is 2.15. The number of hydrogen-bond donors (Lipinski definition) is 2. The highest BCUT2D eigenvalue weighted by Gasteiger charge is 2.10. The van der Waals surface area contributed by atoms with E-state index >= 15 is 0 Å². The Morgan fingerprint density at radius 3 is 2.48 bits per heavy atom. The van der Waals surface area contributed by atoms with Gasteiger partial charge in [0, 0.05) is 11.4 Å². The lowest BCUT2D eigenvalue weighted by Crippen LogP contribution is -2.31. The third-order valence-electron chi connectivity index (χ3n) is 4.55. The maximum Gasteiger partial charge on any atom is 0.319 e. The van der Waals surface area contributed by atoms with Gasteiger partial charge >= 0.3 is 6.03 Å². The number of aromatic nitrogens is 2. The Hall–Kier alpha value is -3.08. The molecule has 3 aromatic rings. The van der Waals surface area contributed by atoms with Gasteiger partial charge in [-0.05, 0) is 57.0 Å². The van der Waals surface area contributed by atoms with E-state index < -0.39 is 0 Å². The molecule has 0 aliphatic heterocycles. The molecule has 0 spiro atoms. The van der Waals surface area contributed by atoms with Crippen molar-refractivity contribution in [3.63, 3.8) is 0 Å². The summed E-state index contributed by atoms with van der Waals surface area (Å²) < 4.78 is 1.97.